The van der Waals surface area contributed by atoms with Crippen molar-refractivity contribution in [2.24, 2.45) is 5.92 Å². The van der Waals surface area contributed by atoms with E-state index in [0.29, 0.717) is 12.0 Å². The van der Waals surface area contributed by atoms with Crippen LogP contribution in [-0.4, -0.2) is 48.3 Å². The third-order valence-corrected chi connectivity index (χ3v) is 4.23. The number of methoxy groups -OCH3 is 1. The van der Waals surface area contributed by atoms with Crippen LogP contribution in [0.3, 0.4) is 0 Å². The molecule has 0 radical (unpaired) electrons. The summed E-state index contributed by atoms with van der Waals surface area (Å²) in [4.78, 5) is 13.5. The molecule has 4 heteroatoms. The Hall–Kier alpha value is -0.610. The first-order chi connectivity index (χ1) is 7.93. The van der Waals surface area contributed by atoms with E-state index >= 15 is 0 Å². The van der Waals surface area contributed by atoms with Gasteiger partial charge in [0.15, 0.2) is 0 Å². The third-order valence-electron chi connectivity index (χ3n) is 4.23. The minimum atomic E-state index is -0.926. The van der Waals surface area contributed by atoms with Crippen LogP contribution in [0, 0.1) is 5.92 Å². The Morgan fingerprint density at radius 1 is 1.47 bits per heavy atom. The largest absolute Gasteiger partial charge is 0.480 e. The van der Waals surface area contributed by atoms with E-state index in [0.717, 1.165) is 6.42 Å². The van der Waals surface area contributed by atoms with Gasteiger partial charge in [0.2, 0.25) is 0 Å². The number of hydrogen-bond donors (Lipinski definition) is 1. The number of aliphatic carboxylic acids is 1. The molecule has 4 nitrogen and oxygen atoms in total. The first kappa shape index (κ1) is 14.5. The number of rotatable bonds is 5. The zero-order valence-corrected chi connectivity index (χ0v) is 11.4. The lowest BCUT2D eigenvalue weighted by atomic mass is 9.83. The Labute approximate surface area is 104 Å². The van der Waals surface area contributed by atoms with Crippen molar-refractivity contribution in [3.8, 4) is 0 Å². The van der Waals surface area contributed by atoms with Crippen LogP contribution in [0.4, 0.5) is 0 Å². The summed E-state index contributed by atoms with van der Waals surface area (Å²) in [5.41, 5.74) is -0.926. The van der Waals surface area contributed by atoms with E-state index in [2.05, 4.69) is 6.92 Å². The van der Waals surface area contributed by atoms with Crippen molar-refractivity contribution in [1.29, 1.82) is 0 Å². The Kier molecular flexibility index (Phi) is 4.95. The van der Waals surface area contributed by atoms with E-state index in [1.54, 1.807) is 14.0 Å². The summed E-state index contributed by atoms with van der Waals surface area (Å²) >= 11 is 0. The van der Waals surface area contributed by atoms with Crippen molar-refractivity contribution >= 4 is 5.97 Å². The van der Waals surface area contributed by atoms with Gasteiger partial charge in [-0.25, -0.2) is 0 Å². The Bertz CT molecular complexity index is 269. The van der Waals surface area contributed by atoms with Crippen LogP contribution in [0.15, 0.2) is 0 Å². The molecule has 0 saturated heterocycles. The molecule has 0 amide bonds. The van der Waals surface area contributed by atoms with Gasteiger partial charge in [0.1, 0.15) is 5.54 Å². The molecule has 0 aliphatic heterocycles. The molecule has 100 valence electrons. The van der Waals surface area contributed by atoms with Gasteiger partial charge in [0.05, 0.1) is 6.61 Å². The molecular formula is C13H25NO3. The highest BCUT2D eigenvalue weighted by Gasteiger charge is 2.42. The van der Waals surface area contributed by atoms with Gasteiger partial charge in [-0.2, -0.15) is 0 Å². The van der Waals surface area contributed by atoms with Gasteiger partial charge < -0.3 is 9.84 Å². The van der Waals surface area contributed by atoms with Gasteiger partial charge in [0.25, 0.3) is 0 Å². The van der Waals surface area contributed by atoms with Crippen LogP contribution in [0.2, 0.25) is 0 Å². The second-order valence-electron chi connectivity index (χ2n) is 5.45. The normalized spacial score (nSPS) is 29.0. The van der Waals surface area contributed by atoms with Crippen LogP contribution in [0.1, 0.15) is 39.5 Å². The number of carbonyl (C=O) groups is 1. The van der Waals surface area contributed by atoms with E-state index in [4.69, 9.17) is 4.74 Å². The lowest BCUT2D eigenvalue weighted by molar-refractivity contribution is -0.156. The van der Waals surface area contributed by atoms with Crippen molar-refractivity contribution < 1.29 is 14.6 Å². The number of ether oxygens (including phenoxy) is 1. The minimum absolute atomic E-state index is 0.224. The maximum absolute atomic E-state index is 11.5. The molecule has 0 aromatic heterocycles. The summed E-state index contributed by atoms with van der Waals surface area (Å²) in [6, 6.07) is 0.347. The van der Waals surface area contributed by atoms with Crippen molar-refractivity contribution in [3.05, 3.63) is 0 Å². The molecule has 0 aromatic rings. The zero-order valence-electron chi connectivity index (χ0n) is 11.4. The molecule has 1 saturated carbocycles. The van der Waals surface area contributed by atoms with E-state index in [1.807, 2.05) is 11.9 Å². The van der Waals surface area contributed by atoms with Crippen molar-refractivity contribution in [3.63, 3.8) is 0 Å². The summed E-state index contributed by atoms with van der Waals surface area (Å²) in [5, 5.41) is 9.43. The molecular weight excluding hydrogens is 218 g/mol. The van der Waals surface area contributed by atoms with Gasteiger partial charge in [-0.3, -0.25) is 9.69 Å². The molecule has 1 aliphatic carbocycles. The van der Waals surface area contributed by atoms with Crippen LogP contribution in [-0.2, 0) is 9.53 Å². The molecule has 1 fully saturated rings. The highest BCUT2D eigenvalue weighted by molar-refractivity contribution is 5.78. The predicted molar refractivity (Wildman–Crippen MR) is 67.1 cm³/mol. The SMILES string of the molecule is COCC(C)(C(=O)O)N(C)C1CCCCC1C. The lowest BCUT2D eigenvalue weighted by Gasteiger charge is -2.44. The fourth-order valence-electron chi connectivity index (χ4n) is 2.83. The number of carboxylic acid groups (broad SMARTS) is 1. The summed E-state index contributed by atoms with van der Waals surface area (Å²) in [6.07, 6.45) is 4.74. The maximum atomic E-state index is 11.5. The monoisotopic (exact) mass is 243 g/mol. The van der Waals surface area contributed by atoms with Crippen LogP contribution in [0.5, 0.6) is 0 Å². The molecule has 3 atom stereocenters. The number of carboxylic acids is 1. The average molecular weight is 243 g/mol. The first-order valence-corrected chi connectivity index (χ1v) is 6.38. The summed E-state index contributed by atoms with van der Waals surface area (Å²) in [6.45, 7) is 4.19. The van der Waals surface area contributed by atoms with Crippen molar-refractivity contribution in [1.82, 2.24) is 4.90 Å². The topological polar surface area (TPSA) is 49.8 Å². The number of likely N-dealkylation sites (N-methyl/N-ethyl adjacent to an activating group) is 1. The van der Waals surface area contributed by atoms with Crippen LogP contribution < -0.4 is 0 Å². The van der Waals surface area contributed by atoms with Crippen molar-refractivity contribution in [2.45, 2.75) is 51.1 Å². The molecule has 1 aliphatic rings. The highest BCUT2D eigenvalue weighted by atomic mass is 16.5. The molecule has 17 heavy (non-hydrogen) atoms. The van der Waals surface area contributed by atoms with Gasteiger partial charge >= 0.3 is 5.97 Å². The summed E-state index contributed by atoms with van der Waals surface area (Å²) < 4.78 is 5.09. The van der Waals surface area contributed by atoms with Gasteiger partial charge in [-0.15, -0.1) is 0 Å². The summed E-state index contributed by atoms with van der Waals surface area (Å²) in [5.74, 6) is -0.246. The second kappa shape index (κ2) is 5.83. The molecule has 0 aromatic carbocycles. The van der Waals surface area contributed by atoms with Crippen molar-refractivity contribution in [2.75, 3.05) is 20.8 Å². The van der Waals surface area contributed by atoms with Crippen LogP contribution in [0.25, 0.3) is 0 Å². The van der Waals surface area contributed by atoms with E-state index in [1.165, 1.54) is 19.3 Å². The smallest absolute Gasteiger partial charge is 0.326 e. The van der Waals surface area contributed by atoms with Gasteiger partial charge in [-0.05, 0) is 32.7 Å². The Morgan fingerprint density at radius 2 is 2.06 bits per heavy atom. The zero-order chi connectivity index (χ0) is 13.1. The molecule has 0 spiro atoms. The molecule has 0 heterocycles. The standard InChI is InChI=1S/C13H25NO3/c1-10-7-5-6-8-11(10)14(3)13(2,9-17-4)12(15)16/h10-11H,5-9H2,1-4H3,(H,15,16). The highest BCUT2D eigenvalue weighted by Crippen LogP contribution is 2.31. The average Bonchev–Trinajstić information content (AvgIpc) is 2.28. The third kappa shape index (κ3) is 2.99. The minimum Gasteiger partial charge on any atom is -0.480 e. The number of nitrogens with zero attached hydrogens (tertiary/aromatic N) is 1. The maximum Gasteiger partial charge on any atom is 0.326 e. The van der Waals surface area contributed by atoms with Crippen LogP contribution >= 0.6 is 0 Å². The summed E-state index contributed by atoms with van der Waals surface area (Å²) in [7, 11) is 3.47. The second-order valence-corrected chi connectivity index (χ2v) is 5.45. The first-order valence-electron chi connectivity index (χ1n) is 6.38. The fraction of sp³-hybridized carbons (Fsp3) is 0.923. The van der Waals surface area contributed by atoms with E-state index < -0.39 is 11.5 Å². The molecule has 1 N–H and O–H groups in total. The van der Waals surface area contributed by atoms with Gasteiger partial charge in [0, 0.05) is 13.2 Å². The number of hydrogen-bond acceptors (Lipinski definition) is 3. The van der Waals surface area contributed by atoms with Gasteiger partial charge in [-0.1, -0.05) is 19.8 Å². The quantitative estimate of drug-likeness (QED) is 0.802. The molecule has 1 rings (SSSR count). The predicted octanol–water partition coefficient (Wildman–Crippen LogP) is 1.99. The van der Waals surface area contributed by atoms with E-state index in [-0.39, 0.29) is 6.61 Å². The lowest BCUT2D eigenvalue weighted by Crippen LogP contribution is -2.59. The molecule has 0 bridgehead atoms. The Balaban J connectivity index is 2.82. The fourth-order valence-corrected chi connectivity index (χ4v) is 2.83. The molecule has 3 unspecified atom stereocenters. The van der Waals surface area contributed by atoms with E-state index in [9.17, 15) is 9.90 Å². The Morgan fingerprint density at radius 3 is 2.53 bits per heavy atom.